The Hall–Kier alpha value is -3.06. The van der Waals surface area contributed by atoms with Gasteiger partial charge in [-0.15, -0.1) is 12.4 Å². The lowest BCUT2D eigenvalue weighted by molar-refractivity contribution is -0.137. The predicted octanol–water partition coefficient (Wildman–Crippen LogP) is 1.03. The SMILES string of the molecule is CC(C)(N)C(=O)N1CCN(C(=O)Nc2ccn(-c3ccc(CCN4CC5CC5(CN)C4)c(F)c3)c(=O)n2)CC1.Cl. The third kappa shape index (κ3) is 6.14. The van der Waals surface area contributed by atoms with E-state index in [-0.39, 0.29) is 29.9 Å². The zero-order chi connectivity index (χ0) is 27.9. The summed E-state index contributed by atoms with van der Waals surface area (Å²) >= 11 is 0. The van der Waals surface area contributed by atoms with Gasteiger partial charge in [-0.3, -0.25) is 14.7 Å². The maximum atomic E-state index is 14.9. The van der Waals surface area contributed by atoms with Crippen molar-refractivity contribution in [2.75, 3.05) is 57.7 Å². The minimum absolute atomic E-state index is 0. The van der Waals surface area contributed by atoms with E-state index in [4.69, 9.17) is 11.5 Å². The second-order valence-corrected chi connectivity index (χ2v) is 11.6. The molecule has 5 rings (SSSR count). The van der Waals surface area contributed by atoms with E-state index in [0.29, 0.717) is 55.2 Å². The van der Waals surface area contributed by atoms with Crippen LogP contribution in [0.2, 0.25) is 0 Å². The highest BCUT2D eigenvalue weighted by Crippen LogP contribution is 2.56. The summed E-state index contributed by atoms with van der Waals surface area (Å²) in [5, 5.41) is 2.63. The summed E-state index contributed by atoms with van der Waals surface area (Å²) in [6.07, 6.45) is 3.26. The number of nitrogens with two attached hydrogens (primary N) is 2. The van der Waals surface area contributed by atoms with Gasteiger partial charge in [-0.2, -0.15) is 4.98 Å². The quantitative estimate of drug-likeness (QED) is 0.447. The number of aromatic nitrogens is 2. The lowest BCUT2D eigenvalue weighted by Gasteiger charge is -2.37. The minimum Gasteiger partial charge on any atom is -0.338 e. The van der Waals surface area contributed by atoms with E-state index in [1.165, 1.54) is 29.3 Å². The van der Waals surface area contributed by atoms with Crippen LogP contribution in [0.1, 0.15) is 25.8 Å². The zero-order valence-corrected chi connectivity index (χ0v) is 23.8. The average molecular weight is 577 g/mol. The number of carbonyl (C=O) groups excluding carboxylic acids is 2. The fourth-order valence-corrected chi connectivity index (χ4v) is 5.74. The van der Waals surface area contributed by atoms with Gasteiger partial charge in [0.2, 0.25) is 5.91 Å². The number of piperazine rings is 1. The molecule has 13 heteroatoms. The topological polar surface area (TPSA) is 143 Å². The van der Waals surface area contributed by atoms with Crippen LogP contribution in [0.5, 0.6) is 0 Å². The largest absolute Gasteiger partial charge is 0.354 e. The van der Waals surface area contributed by atoms with Gasteiger partial charge in [0.15, 0.2) is 0 Å². The number of halogens is 2. The smallest absolute Gasteiger partial charge is 0.338 e. The molecule has 2 atom stereocenters. The van der Waals surface area contributed by atoms with E-state index in [9.17, 15) is 18.8 Å². The van der Waals surface area contributed by atoms with Crippen molar-refractivity contribution in [3.63, 3.8) is 0 Å². The highest BCUT2D eigenvalue weighted by atomic mass is 35.5. The number of nitrogens with one attached hydrogen (secondary N) is 1. The molecule has 1 saturated carbocycles. The number of rotatable bonds is 7. The molecule has 2 saturated heterocycles. The number of anilines is 1. The van der Waals surface area contributed by atoms with Gasteiger partial charge in [-0.1, -0.05) is 6.07 Å². The lowest BCUT2D eigenvalue weighted by Crippen LogP contribution is -2.58. The van der Waals surface area contributed by atoms with Gasteiger partial charge in [0, 0.05) is 52.0 Å². The Morgan fingerprint density at radius 2 is 1.88 bits per heavy atom. The molecule has 2 aromatic rings. The molecule has 3 heterocycles. The molecule has 3 amide bonds. The van der Waals surface area contributed by atoms with Gasteiger partial charge in [0.1, 0.15) is 11.6 Å². The van der Waals surface area contributed by atoms with Crippen LogP contribution in [-0.2, 0) is 11.2 Å². The molecule has 2 aliphatic heterocycles. The van der Waals surface area contributed by atoms with Crippen LogP contribution in [0, 0.1) is 17.2 Å². The Morgan fingerprint density at radius 1 is 1.18 bits per heavy atom. The van der Waals surface area contributed by atoms with Gasteiger partial charge < -0.3 is 26.2 Å². The third-order valence-electron chi connectivity index (χ3n) is 8.24. The molecule has 1 aliphatic carbocycles. The molecule has 11 nitrogen and oxygen atoms in total. The summed E-state index contributed by atoms with van der Waals surface area (Å²) in [4.78, 5) is 47.2. The van der Waals surface area contributed by atoms with Gasteiger partial charge in [-0.25, -0.2) is 14.0 Å². The molecule has 3 aliphatic rings. The Labute approximate surface area is 239 Å². The van der Waals surface area contributed by atoms with E-state index in [2.05, 4.69) is 15.2 Å². The lowest BCUT2D eigenvalue weighted by atomic mass is 10.1. The van der Waals surface area contributed by atoms with Crippen molar-refractivity contribution in [3.05, 3.63) is 52.3 Å². The number of benzene rings is 1. The first-order chi connectivity index (χ1) is 18.5. The van der Waals surface area contributed by atoms with Gasteiger partial charge in [-0.05, 0) is 68.3 Å². The van der Waals surface area contributed by atoms with Crippen molar-refractivity contribution in [3.8, 4) is 5.69 Å². The number of fused-ring (bicyclic) bond motifs is 1. The predicted molar refractivity (Wildman–Crippen MR) is 152 cm³/mol. The van der Waals surface area contributed by atoms with E-state index in [1.54, 1.807) is 35.8 Å². The molecule has 0 bridgehead atoms. The molecule has 2 unspecified atom stereocenters. The average Bonchev–Trinajstić information content (AvgIpc) is 3.47. The highest BCUT2D eigenvalue weighted by Gasteiger charge is 2.58. The van der Waals surface area contributed by atoms with E-state index >= 15 is 0 Å². The second kappa shape index (κ2) is 11.4. The molecular weight excluding hydrogens is 539 g/mol. The summed E-state index contributed by atoms with van der Waals surface area (Å²) in [7, 11) is 0. The molecule has 5 N–H and O–H groups in total. The fraction of sp³-hybridized carbons (Fsp3) is 0.556. The van der Waals surface area contributed by atoms with E-state index < -0.39 is 17.3 Å². The third-order valence-corrected chi connectivity index (χ3v) is 8.24. The molecule has 0 spiro atoms. The maximum Gasteiger partial charge on any atom is 0.354 e. The standard InChI is InChI=1S/C27H37FN8O3.ClH/c1-26(2,30)23(37)34-9-11-35(12-10-34)24(38)31-22-6-8-36(25(39)32-22)20-4-3-18(21(28)13-20)5-7-33-15-19-14-27(19,16-29)17-33;/h3-4,6,8,13,19H,5,7,9-12,14-17,29-30H2,1-2H3,(H,31,32,38,39);1H. The highest BCUT2D eigenvalue weighted by molar-refractivity contribution is 5.89. The number of carbonyl (C=O) groups is 2. The number of piperidine rings is 1. The Morgan fingerprint density at radius 3 is 2.48 bits per heavy atom. The molecule has 0 radical (unpaired) electrons. The Bertz CT molecular complexity index is 1320. The first-order valence-electron chi connectivity index (χ1n) is 13.4. The maximum absolute atomic E-state index is 14.9. The van der Waals surface area contributed by atoms with Gasteiger partial charge >= 0.3 is 11.7 Å². The first-order valence-corrected chi connectivity index (χ1v) is 13.4. The van der Waals surface area contributed by atoms with Crippen molar-refractivity contribution >= 4 is 30.2 Å². The fourth-order valence-electron chi connectivity index (χ4n) is 5.74. The summed E-state index contributed by atoms with van der Waals surface area (Å²) < 4.78 is 16.1. The monoisotopic (exact) mass is 576 g/mol. The second-order valence-electron chi connectivity index (χ2n) is 11.6. The van der Waals surface area contributed by atoms with E-state index in [0.717, 1.165) is 26.2 Å². The van der Waals surface area contributed by atoms with Crippen LogP contribution in [0.3, 0.4) is 0 Å². The molecule has 40 heavy (non-hydrogen) atoms. The van der Waals surface area contributed by atoms with Crippen molar-refractivity contribution in [2.45, 2.75) is 32.2 Å². The molecule has 3 fully saturated rings. The van der Waals surface area contributed by atoms with Crippen LogP contribution in [0.4, 0.5) is 15.0 Å². The van der Waals surface area contributed by atoms with Gasteiger partial charge in [0.25, 0.3) is 0 Å². The summed E-state index contributed by atoms with van der Waals surface area (Å²) in [5.41, 5.74) is 11.5. The van der Waals surface area contributed by atoms with Crippen LogP contribution in [0.25, 0.3) is 5.69 Å². The van der Waals surface area contributed by atoms with Crippen molar-refractivity contribution < 1.29 is 14.0 Å². The first kappa shape index (κ1) is 29.9. The number of urea groups is 1. The normalized spacial score (nSPS) is 22.5. The van der Waals surface area contributed by atoms with E-state index in [1.807, 2.05) is 0 Å². The molecule has 218 valence electrons. The Balaban J connectivity index is 0.00000370. The number of hydrogen-bond acceptors (Lipinski definition) is 7. The van der Waals surface area contributed by atoms with Crippen LogP contribution in [0.15, 0.2) is 35.3 Å². The van der Waals surface area contributed by atoms with Crippen LogP contribution >= 0.6 is 12.4 Å². The van der Waals surface area contributed by atoms with Crippen molar-refractivity contribution in [2.24, 2.45) is 22.8 Å². The number of nitrogens with zero attached hydrogens (tertiary/aromatic N) is 5. The molecule has 1 aromatic carbocycles. The zero-order valence-electron chi connectivity index (χ0n) is 22.9. The van der Waals surface area contributed by atoms with Gasteiger partial charge in [0.05, 0.1) is 11.2 Å². The number of likely N-dealkylation sites (tertiary alicyclic amines) is 1. The van der Waals surface area contributed by atoms with Crippen molar-refractivity contribution in [1.82, 2.24) is 24.3 Å². The Kier molecular flexibility index (Phi) is 8.55. The summed E-state index contributed by atoms with van der Waals surface area (Å²) in [6.45, 7) is 8.23. The molecule has 1 aromatic heterocycles. The van der Waals surface area contributed by atoms with Crippen LogP contribution < -0.4 is 22.5 Å². The van der Waals surface area contributed by atoms with Crippen molar-refractivity contribution in [1.29, 1.82) is 0 Å². The minimum atomic E-state index is -0.968. The number of hydrogen-bond donors (Lipinski definition) is 3. The van der Waals surface area contributed by atoms with Crippen LogP contribution in [-0.4, -0.2) is 94.1 Å². The summed E-state index contributed by atoms with van der Waals surface area (Å²) in [5.74, 6) is 0.247. The summed E-state index contributed by atoms with van der Waals surface area (Å²) in [6, 6.07) is 5.82. The molecular formula is C27H38ClFN8O3. The number of amides is 3.